The van der Waals surface area contributed by atoms with Gasteiger partial charge in [0.1, 0.15) is 4.83 Å². The third kappa shape index (κ3) is 6.15. The van der Waals surface area contributed by atoms with Gasteiger partial charge in [-0.3, -0.25) is 24.2 Å². The summed E-state index contributed by atoms with van der Waals surface area (Å²) in [4.78, 5) is 56.2. The highest BCUT2D eigenvalue weighted by atomic mass is 32.1. The SMILES string of the molecule is Cc1cc(C)cc(-c2[nH]c3sc(C(C)(C)C(=O)N4C5CCC4CC5)cc3c2C(=O)C(C)(C)CN2CCN(CC(=O)N3CCCC3)CC2)c1. The maximum atomic E-state index is 14.9. The molecule has 9 heteroatoms. The number of hydrogen-bond donors (Lipinski definition) is 1. The van der Waals surface area contributed by atoms with Gasteiger partial charge in [0.2, 0.25) is 11.8 Å². The second kappa shape index (κ2) is 12.7. The van der Waals surface area contributed by atoms with E-state index in [9.17, 15) is 14.4 Å². The Morgan fingerprint density at radius 2 is 1.40 bits per heavy atom. The van der Waals surface area contributed by atoms with E-state index in [0.717, 1.165) is 121 Å². The first-order valence-corrected chi connectivity index (χ1v) is 19.0. The van der Waals surface area contributed by atoms with Crippen molar-refractivity contribution in [3.05, 3.63) is 45.8 Å². The predicted octanol–water partition coefficient (Wildman–Crippen LogP) is 6.39. The normalized spacial score (nSPS) is 22.4. The van der Waals surface area contributed by atoms with Crippen LogP contribution in [0.5, 0.6) is 0 Å². The number of amides is 2. The standard InChI is InChI=1S/C39H53N5O3S/c1-25-19-26(2)21-27(20-25)34-33(30-22-31(48-36(30)40-34)39(5,6)37(47)44-28-9-10-29(44)12-11-28)35(46)38(3,4)24-42-17-15-41(16-18-42)23-32(45)43-13-7-8-14-43/h19-22,28-29,40H,7-18,23-24H2,1-6H3. The van der Waals surface area contributed by atoms with Crippen LogP contribution in [0, 0.1) is 19.3 Å². The molecular weight excluding hydrogens is 619 g/mol. The Labute approximate surface area is 289 Å². The van der Waals surface area contributed by atoms with E-state index in [1.54, 1.807) is 11.3 Å². The number of aromatic nitrogens is 1. The van der Waals surface area contributed by atoms with Crippen LogP contribution >= 0.6 is 11.3 Å². The van der Waals surface area contributed by atoms with Crippen molar-refractivity contribution in [2.24, 2.45) is 5.41 Å². The van der Waals surface area contributed by atoms with Crippen molar-refractivity contribution >= 4 is 39.2 Å². The quantitative estimate of drug-likeness (QED) is 0.267. The molecule has 2 amide bonds. The molecule has 258 valence electrons. The molecule has 3 aromatic rings. The topological polar surface area (TPSA) is 80.0 Å². The smallest absolute Gasteiger partial charge is 0.236 e. The van der Waals surface area contributed by atoms with E-state index < -0.39 is 10.8 Å². The molecule has 0 spiro atoms. The number of H-pyrrole nitrogens is 1. The third-order valence-corrected chi connectivity index (χ3v) is 13.0. The minimum Gasteiger partial charge on any atom is -0.346 e. The van der Waals surface area contributed by atoms with Crippen LogP contribution in [-0.2, 0) is 15.0 Å². The number of nitrogens with zero attached hydrogens (tertiary/aromatic N) is 4. The summed E-state index contributed by atoms with van der Waals surface area (Å²) in [7, 11) is 0. The zero-order valence-corrected chi connectivity index (χ0v) is 30.6. The maximum absolute atomic E-state index is 14.9. The van der Waals surface area contributed by atoms with Crippen LogP contribution in [-0.4, -0.2) is 107 Å². The molecule has 0 radical (unpaired) electrons. The number of aromatic amines is 1. The van der Waals surface area contributed by atoms with Crippen LogP contribution in [0.3, 0.4) is 0 Å². The van der Waals surface area contributed by atoms with Gasteiger partial charge in [-0.15, -0.1) is 11.3 Å². The number of carbonyl (C=O) groups excluding carboxylic acids is 3. The van der Waals surface area contributed by atoms with Gasteiger partial charge < -0.3 is 14.8 Å². The molecule has 2 aromatic heterocycles. The highest BCUT2D eigenvalue weighted by Crippen LogP contribution is 2.45. The van der Waals surface area contributed by atoms with Crippen LogP contribution in [0.4, 0.5) is 0 Å². The number of thiophene rings is 1. The molecule has 0 atom stereocenters. The van der Waals surface area contributed by atoms with E-state index in [4.69, 9.17) is 0 Å². The van der Waals surface area contributed by atoms with Crippen molar-refractivity contribution in [2.45, 2.75) is 97.6 Å². The molecule has 6 heterocycles. The predicted molar refractivity (Wildman–Crippen MR) is 194 cm³/mol. The van der Waals surface area contributed by atoms with E-state index in [0.29, 0.717) is 25.2 Å². The Morgan fingerprint density at radius 1 is 0.812 bits per heavy atom. The second-order valence-electron chi connectivity index (χ2n) is 16.3. The Kier molecular flexibility index (Phi) is 8.86. The Balaban J connectivity index is 1.15. The second-order valence-corrected chi connectivity index (χ2v) is 17.3. The highest BCUT2D eigenvalue weighted by molar-refractivity contribution is 7.19. The Bertz CT molecular complexity index is 1680. The number of carbonyl (C=O) groups is 3. The van der Waals surface area contributed by atoms with Gasteiger partial charge in [-0.05, 0) is 90.0 Å². The zero-order chi connectivity index (χ0) is 34.0. The number of likely N-dealkylation sites (tertiary alicyclic amines) is 1. The van der Waals surface area contributed by atoms with E-state index >= 15 is 0 Å². The number of fused-ring (bicyclic) bond motifs is 3. The lowest BCUT2D eigenvalue weighted by Gasteiger charge is -2.38. The Morgan fingerprint density at radius 3 is 2.00 bits per heavy atom. The van der Waals surface area contributed by atoms with Gasteiger partial charge in [-0.2, -0.15) is 0 Å². The number of ketones is 1. The van der Waals surface area contributed by atoms with Crippen LogP contribution in [0.25, 0.3) is 21.5 Å². The molecule has 4 aliphatic rings. The van der Waals surface area contributed by atoms with Gasteiger partial charge in [0, 0.05) is 73.6 Å². The summed E-state index contributed by atoms with van der Waals surface area (Å²) in [5, 5.41) is 0.928. The van der Waals surface area contributed by atoms with Crippen LogP contribution in [0.2, 0.25) is 0 Å². The van der Waals surface area contributed by atoms with Crippen molar-refractivity contribution in [3.63, 3.8) is 0 Å². The van der Waals surface area contributed by atoms with Crippen molar-refractivity contribution in [1.29, 1.82) is 0 Å². The van der Waals surface area contributed by atoms with Gasteiger partial charge in [-0.1, -0.05) is 31.0 Å². The monoisotopic (exact) mass is 671 g/mol. The fourth-order valence-corrected chi connectivity index (χ4v) is 10.0. The van der Waals surface area contributed by atoms with Crippen molar-refractivity contribution in [2.75, 3.05) is 52.4 Å². The molecule has 7 rings (SSSR count). The van der Waals surface area contributed by atoms with Crippen molar-refractivity contribution in [3.8, 4) is 11.3 Å². The first kappa shape index (κ1) is 33.5. The van der Waals surface area contributed by atoms with E-state index in [2.05, 4.69) is 85.5 Å². The summed E-state index contributed by atoms with van der Waals surface area (Å²) >= 11 is 1.63. The van der Waals surface area contributed by atoms with Crippen molar-refractivity contribution < 1.29 is 14.4 Å². The third-order valence-electron chi connectivity index (χ3n) is 11.6. The van der Waals surface area contributed by atoms with Crippen LogP contribution < -0.4 is 0 Å². The summed E-state index contributed by atoms with van der Waals surface area (Å²) in [5.41, 5.74) is 3.65. The molecule has 8 nitrogen and oxygen atoms in total. The molecule has 2 bridgehead atoms. The molecule has 1 aromatic carbocycles. The van der Waals surface area contributed by atoms with E-state index in [-0.39, 0.29) is 17.6 Å². The summed E-state index contributed by atoms with van der Waals surface area (Å²) < 4.78 is 0. The van der Waals surface area contributed by atoms with Gasteiger partial charge in [0.05, 0.1) is 23.2 Å². The molecule has 4 fully saturated rings. The van der Waals surface area contributed by atoms with Crippen molar-refractivity contribution in [1.82, 2.24) is 24.6 Å². The lowest BCUT2D eigenvalue weighted by Crippen LogP contribution is -2.52. The molecule has 0 unspecified atom stereocenters. The number of rotatable bonds is 9. The average molecular weight is 672 g/mol. The molecule has 4 saturated heterocycles. The molecule has 0 saturated carbocycles. The Hall–Kier alpha value is -3.01. The van der Waals surface area contributed by atoms with Crippen LogP contribution in [0.1, 0.15) is 92.6 Å². The lowest BCUT2D eigenvalue weighted by molar-refractivity contribution is -0.137. The lowest BCUT2D eigenvalue weighted by atomic mass is 9.81. The minimum atomic E-state index is -0.665. The zero-order valence-electron chi connectivity index (χ0n) is 29.8. The first-order chi connectivity index (χ1) is 22.8. The number of Topliss-reactive ketones (excluding diaryl/α,β-unsaturated/α-hetero) is 1. The van der Waals surface area contributed by atoms with Gasteiger partial charge >= 0.3 is 0 Å². The number of piperazine rings is 1. The molecular formula is C39H53N5O3S. The molecule has 48 heavy (non-hydrogen) atoms. The summed E-state index contributed by atoms with van der Waals surface area (Å²) in [6.07, 6.45) is 6.71. The van der Waals surface area contributed by atoms with E-state index in [1.165, 1.54) is 0 Å². The fraction of sp³-hybridized carbons (Fsp3) is 0.615. The first-order valence-electron chi connectivity index (χ1n) is 18.2. The van der Waals surface area contributed by atoms with E-state index in [1.807, 2.05) is 4.90 Å². The van der Waals surface area contributed by atoms with Crippen LogP contribution in [0.15, 0.2) is 24.3 Å². The van der Waals surface area contributed by atoms with Gasteiger partial charge in [-0.25, -0.2) is 0 Å². The number of aryl methyl sites for hydroxylation is 2. The summed E-state index contributed by atoms with van der Waals surface area (Å²) in [5.74, 6) is 0.598. The average Bonchev–Trinajstić information content (AvgIpc) is 3.87. The molecule has 0 aliphatic carbocycles. The fourth-order valence-electron chi connectivity index (χ4n) is 8.86. The molecule has 1 N–H and O–H groups in total. The highest BCUT2D eigenvalue weighted by Gasteiger charge is 2.47. The number of benzene rings is 1. The summed E-state index contributed by atoms with van der Waals surface area (Å²) in [6.45, 7) is 18.8. The van der Waals surface area contributed by atoms with Gasteiger partial charge in [0.15, 0.2) is 5.78 Å². The summed E-state index contributed by atoms with van der Waals surface area (Å²) in [6, 6.07) is 9.38. The maximum Gasteiger partial charge on any atom is 0.236 e. The van der Waals surface area contributed by atoms with Gasteiger partial charge in [0.25, 0.3) is 0 Å². The number of hydrogen-bond acceptors (Lipinski definition) is 6. The largest absolute Gasteiger partial charge is 0.346 e. The minimum absolute atomic E-state index is 0.126. The number of nitrogens with one attached hydrogen (secondary N) is 1. The molecule has 4 aliphatic heterocycles.